The Bertz CT molecular complexity index is 1610. The number of hydrogen-bond donors (Lipinski definition) is 0. The summed E-state index contributed by atoms with van der Waals surface area (Å²) in [5.41, 5.74) is 1.68. The van der Waals surface area contributed by atoms with Gasteiger partial charge in [-0.3, -0.25) is 9.36 Å². The minimum Gasteiger partial charge on any atom is -0.497 e. The minimum atomic E-state index is -0.821. The first-order valence-electron chi connectivity index (χ1n) is 11.6. The van der Waals surface area contributed by atoms with E-state index in [1.54, 1.807) is 65.5 Å². The van der Waals surface area contributed by atoms with Crippen LogP contribution in [-0.4, -0.2) is 45.6 Å². The van der Waals surface area contributed by atoms with Gasteiger partial charge in [0.05, 0.1) is 55.3 Å². The van der Waals surface area contributed by atoms with E-state index in [0.717, 1.165) is 0 Å². The highest BCUT2D eigenvalue weighted by Crippen LogP contribution is 2.38. The lowest BCUT2D eigenvalue weighted by molar-refractivity contribution is -0.139. The number of thiazole rings is 1. The summed E-state index contributed by atoms with van der Waals surface area (Å²) in [6.45, 7) is 3.64. The summed E-state index contributed by atoms with van der Waals surface area (Å²) in [6, 6.07) is 7.98. The molecule has 11 heteroatoms. The number of carbonyl (C=O) groups is 1. The van der Waals surface area contributed by atoms with E-state index in [1.807, 2.05) is 6.07 Å². The van der Waals surface area contributed by atoms with Crippen molar-refractivity contribution < 1.29 is 28.5 Å². The highest BCUT2D eigenvalue weighted by atomic mass is 79.9. The van der Waals surface area contributed by atoms with Crippen molar-refractivity contribution in [2.45, 2.75) is 19.9 Å². The highest BCUT2D eigenvalue weighted by molar-refractivity contribution is 9.10. The zero-order valence-electron chi connectivity index (χ0n) is 21.8. The zero-order chi connectivity index (χ0) is 27.6. The average Bonchev–Trinajstić information content (AvgIpc) is 3.21. The molecule has 200 valence electrons. The number of hydrogen-bond acceptors (Lipinski definition) is 9. The van der Waals surface area contributed by atoms with Gasteiger partial charge in [-0.05, 0) is 54.1 Å². The maximum Gasteiger partial charge on any atom is 0.338 e. The molecule has 9 nitrogen and oxygen atoms in total. The summed E-state index contributed by atoms with van der Waals surface area (Å²) in [5.74, 6) is 1.62. The van der Waals surface area contributed by atoms with Crippen LogP contribution in [0.5, 0.6) is 23.0 Å². The van der Waals surface area contributed by atoms with Crippen molar-refractivity contribution >= 4 is 39.3 Å². The van der Waals surface area contributed by atoms with Gasteiger partial charge in [0.2, 0.25) is 0 Å². The second-order valence-electron chi connectivity index (χ2n) is 8.14. The molecule has 1 aliphatic rings. The van der Waals surface area contributed by atoms with E-state index in [0.29, 0.717) is 53.6 Å². The van der Waals surface area contributed by atoms with Crippen LogP contribution < -0.4 is 33.8 Å². The van der Waals surface area contributed by atoms with Gasteiger partial charge in [0.15, 0.2) is 4.80 Å². The normalized spacial score (nSPS) is 15.0. The van der Waals surface area contributed by atoms with Crippen molar-refractivity contribution in [2.24, 2.45) is 4.99 Å². The molecular formula is C27H27BrN2O7S. The summed E-state index contributed by atoms with van der Waals surface area (Å²) < 4.78 is 29.9. The molecule has 2 heterocycles. The van der Waals surface area contributed by atoms with Crippen LogP contribution in [0.2, 0.25) is 0 Å². The predicted molar refractivity (Wildman–Crippen MR) is 147 cm³/mol. The number of ether oxygens (including phenoxy) is 5. The topological polar surface area (TPSA) is 97.6 Å². The Kier molecular flexibility index (Phi) is 8.27. The molecule has 38 heavy (non-hydrogen) atoms. The van der Waals surface area contributed by atoms with Crippen LogP contribution in [0, 0.1) is 0 Å². The minimum absolute atomic E-state index is 0.179. The average molecular weight is 603 g/mol. The molecule has 1 aromatic heterocycles. The molecule has 0 unspecified atom stereocenters. The molecule has 1 atom stereocenters. The molecule has 3 aromatic rings. The molecule has 0 fully saturated rings. The molecule has 0 radical (unpaired) electrons. The Hall–Kier alpha value is -3.57. The van der Waals surface area contributed by atoms with Crippen molar-refractivity contribution in [3.63, 3.8) is 0 Å². The third kappa shape index (κ3) is 4.95. The van der Waals surface area contributed by atoms with Crippen LogP contribution in [0.1, 0.15) is 31.0 Å². The van der Waals surface area contributed by atoms with Gasteiger partial charge in [0, 0.05) is 23.3 Å². The molecule has 0 N–H and O–H groups in total. The number of carbonyl (C=O) groups excluding carboxylic acids is 1. The number of methoxy groups -OCH3 is 4. The molecule has 0 spiro atoms. The number of halogens is 1. The number of fused-ring (bicyclic) bond motifs is 1. The van der Waals surface area contributed by atoms with Gasteiger partial charge in [-0.1, -0.05) is 11.3 Å². The number of aromatic nitrogens is 1. The summed E-state index contributed by atoms with van der Waals surface area (Å²) >= 11 is 4.71. The van der Waals surface area contributed by atoms with Crippen LogP contribution in [0.3, 0.4) is 0 Å². The van der Waals surface area contributed by atoms with Crippen LogP contribution >= 0.6 is 27.3 Å². The lowest BCUT2D eigenvalue weighted by Gasteiger charge is -2.26. The smallest absolute Gasteiger partial charge is 0.338 e. The third-order valence-corrected chi connectivity index (χ3v) is 7.65. The van der Waals surface area contributed by atoms with Gasteiger partial charge in [-0.25, -0.2) is 9.79 Å². The Morgan fingerprint density at radius 1 is 1.05 bits per heavy atom. The van der Waals surface area contributed by atoms with Crippen LogP contribution in [0.15, 0.2) is 55.9 Å². The Morgan fingerprint density at radius 3 is 2.39 bits per heavy atom. The monoisotopic (exact) mass is 602 g/mol. The maximum atomic E-state index is 13.9. The van der Waals surface area contributed by atoms with E-state index >= 15 is 0 Å². The molecular weight excluding hydrogens is 576 g/mol. The van der Waals surface area contributed by atoms with Gasteiger partial charge in [0.1, 0.15) is 29.0 Å². The van der Waals surface area contributed by atoms with E-state index in [4.69, 9.17) is 23.7 Å². The van der Waals surface area contributed by atoms with E-state index in [2.05, 4.69) is 20.9 Å². The first-order valence-corrected chi connectivity index (χ1v) is 13.2. The Balaban J connectivity index is 2.00. The Labute approximate surface area is 231 Å². The van der Waals surface area contributed by atoms with Crippen molar-refractivity contribution in [2.75, 3.05) is 35.0 Å². The number of rotatable bonds is 8. The number of benzene rings is 2. The molecule has 0 aliphatic carbocycles. The molecule has 0 amide bonds. The van der Waals surface area contributed by atoms with Gasteiger partial charge < -0.3 is 23.7 Å². The number of allylic oxidation sites excluding steroid dienone is 1. The predicted octanol–water partition coefficient (Wildman–Crippen LogP) is 3.60. The largest absolute Gasteiger partial charge is 0.497 e. The molecule has 0 saturated heterocycles. The van der Waals surface area contributed by atoms with Gasteiger partial charge >= 0.3 is 5.97 Å². The number of nitrogens with zero attached hydrogens (tertiary/aromatic N) is 2. The lowest BCUT2D eigenvalue weighted by Crippen LogP contribution is -2.40. The molecule has 2 aromatic carbocycles. The summed E-state index contributed by atoms with van der Waals surface area (Å²) in [7, 11) is 6.19. The fraction of sp³-hybridized carbons (Fsp3) is 0.296. The van der Waals surface area contributed by atoms with Crippen molar-refractivity contribution in [3.8, 4) is 23.0 Å². The fourth-order valence-electron chi connectivity index (χ4n) is 4.27. The van der Waals surface area contributed by atoms with Gasteiger partial charge in [-0.15, -0.1) is 0 Å². The summed E-state index contributed by atoms with van der Waals surface area (Å²) in [6.07, 6.45) is 1.73. The highest BCUT2D eigenvalue weighted by Gasteiger charge is 2.35. The van der Waals surface area contributed by atoms with Crippen molar-refractivity contribution in [1.82, 2.24) is 4.57 Å². The van der Waals surface area contributed by atoms with Gasteiger partial charge in [-0.2, -0.15) is 0 Å². The third-order valence-electron chi connectivity index (χ3n) is 6.04. The summed E-state index contributed by atoms with van der Waals surface area (Å²) in [5, 5.41) is 0. The van der Waals surface area contributed by atoms with E-state index in [1.165, 1.54) is 23.0 Å². The van der Waals surface area contributed by atoms with E-state index < -0.39 is 12.0 Å². The van der Waals surface area contributed by atoms with Crippen LogP contribution in [0.25, 0.3) is 6.08 Å². The fourth-order valence-corrected chi connectivity index (χ4v) is 5.83. The van der Waals surface area contributed by atoms with Crippen LogP contribution in [0.4, 0.5) is 0 Å². The number of esters is 1. The quantitative estimate of drug-likeness (QED) is 0.363. The van der Waals surface area contributed by atoms with Crippen LogP contribution in [-0.2, 0) is 9.53 Å². The SMILES string of the molecule is CCOC(=O)C1=C(C)N=c2s/c(=C\c3cc(Br)c(OC)cc3OC)c(=O)n2[C@H]1c1ccc(OC)cc1OC. The Morgan fingerprint density at radius 2 is 1.76 bits per heavy atom. The second kappa shape index (κ2) is 11.4. The second-order valence-corrected chi connectivity index (χ2v) is 10.0. The first kappa shape index (κ1) is 27.5. The molecule has 0 bridgehead atoms. The molecule has 1 aliphatic heterocycles. The summed E-state index contributed by atoms with van der Waals surface area (Å²) in [4.78, 5) is 32.2. The van der Waals surface area contributed by atoms with Crippen molar-refractivity contribution in [1.29, 1.82) is 0 Å². The molecule has 0 saturated carbocycles. The molecule has 4 rings (SSSR count). The first-order chi connectivity index (χ1) is 18.3. The maximum absolute atomic E-state index is 13.9. The lowest BCUT2D eigenvalue weighted by atomic mass is 9.95. The van der Waals surface area contributed by atoms with E-state index in [-0.39, 0.29) is 17.7 Å². The van der Waals surface area contributed by atoms with E-state index in [9.17, 15) is 9.59 Å². The van der Waals surface area contributed by atoms with Gasteiger partial charge in [0.25, 0.3) is 5.56 Å². The van der Waals surface area contributed by atoms with Crippen molar-refractivity contribution in [3.05, 3.63) is 76.9 Å². The standard InChI is InChI=1S/C27H27BrN2O7S/c1-7-37-26(32)23-14(2)29-27-30(24(23)17-9-8-16(33-3)12-20(17)35-5)25(31)22(38-27)11-15-10-18(28)21(36-6)13-19(15)34-4/h8-13,24H,7H2,1-6H3/b22-11-/t24-/m0/s1. The zero-order valence-corrected chi connectivity index (χ0v) is 24.2.